The minimum Gasteiger partial charge on any atom is -0.382 e. The number of nitrogens with one attached hydrogen (secondary N) is 2. The fourth-order valence-corrected chi connectivity index (χ4v) is 3.10. The van der Waals surface area contributed by atoms with E-state index < -0.39 is 0 Å². The highest BCUT2D eigenvalue weighted by atomic mass is 16.1. The number of aromatic amines is 1. The monoisotopic (exact) mass is 411 g/mol. The molecule has 0 aliphatic heterocycles. The molecular formula is C22H33N7O. The van der Waals surface area contributed by atoms with Gasteiger partial charge in [-0.05, 0) is 45.4 Å². The van der Waals surface area contributed by atoms with E-state index >= 15 is 0 Å². The van der Waals surface area contributed by atoms with Gasteiger partial charge in [0.05, 0.1) is 6.54 Å². The lowest BCUT2D eigenvalue weighted by atomic mass is 10.0. The number of anilines is 2. The predicted octanol–water partition coefficient (Wildman–Crippen LogP) is 3.19. The Hall–Kier alpha value is -2.87. The summed E-state index contributed by atoms with van der Waals surface area (Å²) < 4.78 is 1.61. The number of nitrogens with zero attached hydrogens (tertiary/aromatic N) is 4. The molecule has 0 fully saturated rings. The summed E-state index contributed by atoms with van der Waals surface area (Å²) in [6, 6.07) is 8.33. The molecule has 0 spiro atoms. The van der Waals surface area contributed by atoms with Crippen molar-refractivity contribution < 1.29 is 0 Å². The van der Waals surface area contributed by atoms with Gasteiger partial charge < -0.3 is 16.0 Å². The first-order chi connectivity index (χ1) is 14.2. The number of imidazole rings is 1. The Bertz CT molecular complexity index is 1040. The number of aromatic nitrogens is 4. The van der Waals surface area contributed by atoms with Crippen LogP contribution < -0.4 is 16.7 Å². The molecule has 8 nitrogen and oxygen atoms in total. The number of hydrogen-bond acceptors (Lipinski definition) is 6. The number of benzene rings is 1. The Labute approximate surface area is 177 Å². The molecule has 0 saturated carbocycles. The van der Waals surface area contributed by atoms with Gasteiger partial charge in [-0.15, -0.1) is 0 Å². The van der Waals surface area contributed by atoms with E-state index in [0.717, 1.165) is 31.5 Å². The minimum atomic E-state index is -0.242. The van der Waals surface area contributed by atoms with E-state index in [0.29, 0.717) is 23.7 Å². The van der Waals surface area contributed by atoms with Gasteiger partial charge in [-0.1, -0.05) is 37.6 Å². The molecule has 0 aliphatic rings. The van der Waals surface area contributed by atoms with Gasteiger partial charge in [0.2, 0.25) is 5.95 Å². The topological polar surface area (TPSA) is 105 Å². The Morgan fingerprint density at radius 2 is 1.83 bits per heavy atom. The fraction of sp³-hybridized carbons (Fsp3) is 0.500. The van der Waals surface area contributed by atoms with Crippen LogP contribution >= 0.6 is 0 Å². The lowest BCUT2D eigenvalue weighted by Gasteiger charge is -2.31. The van der Waals surface area contributed by atoms with Crippen molar-refractivity contribution in [2.45, 2.75) is 59.2 Å². The number of fused-ring (bicyclic) bond motifs is 1. The molecule has 162 valence electrons. The van der Waals surface area contributed by atoms with Crippen molar-refractivity contribution in [2.24, 2.45) is 0 Å². The normalized spacial score (nSPS) is 12.1. The van der Waals surface area contributed by atoms with Gasteiger partial charge in [0.25, 0.3) is 0 Å². The highest BCUT2D eigenvalue weighted by molar-refractivity contribution is 5.82. The summed E-state index contributed by atoms with van der Waals surface area (Å²) >= 11 is 0. The fourth-order valence-electron chi connectivity index (χ4n) is 3.10. The van der Waals surface area contributed by atoms with Gasteiger partial charge >= 0.3 is 5.69 Å². The molecule has 3 aromatic rings. The van der Waals surface area contributed by atoms with Crippen molar-refractivity contribution in [3.05, 3.63) is 45.9 Å². The second-order valence-electron chi connectivity index (χ2n) is 8.77. The number of unbranched alkanes of at least 4 members (excludes halogenated alkanes) is 1. The maximum Gasteiger partial charge on any atom is 0.328 e. The first-order valence-corrected chi connectivity index (χ1v) is 10.5. The molecule has 2 heterocycles. The second kappa shape index (κ2) is 8.87. The second-order valence-corrected chi connectivity index (χ2v) is 8.77. The van der Waals surface area contributed by atoms with Crippen LogP contribution in [-0.4, -0.2) is 43.6 Å². The van der Waals surface area contributed by atoms with Gasteiger partial charge in [0.1, 0.15) is 5.52 Å². The number of rotatable bonds is 8. The van der Waals surface area contributed by atoms with E-state index in [1.165, 1.54) is 5.56 Å². The molecule has 0 saturated heterocycles. The number of nitrogens with two attached hydrogens (primary N) is 1. The molecule has 0 radical (unpaired) electrons. The molecule has 30 heavy (non-hydrogen) atoms. The van der Waals surface area contributed by atoms with Crippen LogP contribution in [0.5, 0.6) is 0 Å². The molecule has 2 aromatic heterocycles. The Kier molecular flexibility index (Phi) is 6.45. The van der Waals surface area contributed by atoms with Gasteiger partial charge in [-0.25, -0.2) is 4.79 Å². The van der Waals surface area contributed by atoms with Crippen molar-refractivity contribution in [2.75, 3.05) is 24.6 Å². The highest BCUT2D eigenvalue weighted by Crippen LogP contribution is 2.19. The molecule has 0 amide bonds. The summed E-state index contributed by atoms with van der Waals surface area (Å²) in [5.41, 5.74) is 9.18. The zero-order valence-electron chi connectivity index (χ0n) is 18.6. The van der Waals surface area contributed by atoms with E-state index in [4.69, 9.17) is 5.73 Å². The number of hydrogen-bond donors (Lipinski definition) is 3. The lowest BCUT2D eigenvalue weighted by molar-refractivity contribution is 0.167. The predicted molar refractivity (Wildman–Crippen MR) is 123 cm³/mol. The average Bonchev–Trinajstić information content (AvgIpc) is 2.99. The van der Waals surface area contributed by atoms with E-state index in [1.54, 1.807) is 4.57 Å². The first kappa shape index (κ1) is 21.8. The Morgan fingerprint density at radius 1 is 1.17 bits per heavy atom. The van der Waals surface area contributed by atoms with Gasteiger partial charge in [0.15, 0.2) is 11.5 Å². The first-order valence-electron chi connectivity index (χ1n) is 10.5. The smallest absolute Gasteiger partial charge is 0.328 e. The molecule has 3 rings (SSSR count). The quantitative estimate of drug-likeness (QED) is 0.492. The van der Waals surface area contributed by atoms with Crippen LogP contribution in [0.1, 0.15) is 51.7 Å². The van der Waals surface area contributed by atoms with E-state index in [1.807, 2.05) is 0 Å². The maximum absolute atomic E-state index is 12.5. The van der Waals surface area contributed by atoms with Gasteiger partial charge in [-0.2, -0.15) is 9.97 Å². The Balaban J connectivity index is 1.83. The van der Waals surface area contributed by atoms with Crippen LogP contribution in [0.3, 0.4) is 0 Å². The van der Waals surface area contributed by atoms with E-state index in [2.05, 4.69) is 84.2 Å². The van der Waals surface area contributed by atoms with Gasteiger partial charge in [-0.3, -0.25) is 9.47 Å². The van der Waals surface area contributed by atoms with Crippen molar-refractivity contribution in [1.82, 2.24) is 24.4 Å². The molecule has 1 aromatic carbocycles. The number of nitrogen functional groups attached to an aromatic ring is 1. The minimum absolute atomic E-state index is 0.110. The van der Waals surface area contributed by atoms with Crippen LogP contribution in [0, 0.1) is 0 Å². The largest absolute Gasteiger partial charge is 0.382 e. The SMILES string of the molecule is CCCCNc1nc(N)c2[nH]c(=O)n(Cc3ccc(CN(C)C(C)(C)C)cc3)c2n1. The number of H-pyrrole nitrogens is 1. The third kappa shape index (κ3) is 4.99. The average molecular weight is 412 g/mol. The Morgan fingerprint density at radius 3 is 2.47 bits per heavy atom. The maximum atomic E-state index is 12.5. The van der Waals surface area contributed by atoms with Crippen LogP contribution in [0.4, 0.5) is 11.8 Å². The molecule has 8 heteroatoms. The summed E-state index contributed by atoms with van der Waals surface area (Å²) in [5.74, 6) is 0.720. The zero-order valence-corrected chi connectivity index (χ0v) is 18.6. The van der Waals surface area contributed by atoms with Crippen molar-refractivity contribution in [3.63, 3.8) is 0 Å². The molecule has 0 atom stereocenters. The van der Waals surface area contributed by atoms with Crippen LogP contribution in [-0.2, 0) is 13.1 Å². The van der Waals surface area contributed by atoms with E-state index in [-0.39, 0.29) is 17.0 Å². The highest BCUT2D eigenvalue weighted by Gasteiger charge is 2.17. The van der Waals surface area contributed by atoms with Gasteiger partial charge in [0, 0.05) is 18.6 Å². The standard InChI is InChI=1S/C22H33N7O/c1-6-7-12-24-20-26-18(23)17-19(27-20)29(21(30)25-17)14-16-10-8-15(9-11-16)13-28(5)22(2,3)4/h8-11H,6-7,12-14H2,1-5H3,(H,25,30)(H3,23,24,26,27). The molecular weight excluding hydrogens is 378 g/mol. The third-order valence-electron chi connectivity index (χ3n) is 5.39. The van der Waals surface area contributed by atoms with Crippen LogP contribution in [0.15, 0.2) is 29.1 Å². The molecule has 0 bridgehead atoms. The van der Waals surface area contributed by atoms with E-state index in [9.17, 15) is 4.79 Å². The van der Waals surface area contributed by atoms with Crippen molar-refractivity contribution in [3.8, 4) is 0 Å². The molecule has 4 N–H and O–H groups in total. The molecule has 0 aliphatic carbocycles. The summed E-state index contributed by atoms with van der Waals surface area (Å²) in [6.07, 6.45) is 2.08. The van der Waals surface area contributed by atoms with Crippen LogP contribution in [0.2, 0.25) is 0 Å². The van der Waals surface area contributed by atoms with Crippen molar-refractivity contribution in [1.29, 1.82) is 0 Å². The third-order valence-corrected chi connectivity index (χ3v) is 5.39. The lowest BCUT2D eigenvalue weighted by Crippen LogP contribution is -2.37. The van der Waals surface area contributed by atoms with Crippen LogP contribution in [0.25, 0.3) is 11.2 Å². The summed E-state index contributed by atoms with van der Waals surface area (Å²) in [7, 11) is 2.12. The summed E-state index contributed by atoms with van der Waals surface area (Å²) in [6.45, 7) is 10.8. The summed E-state index contributed by atoms with van der Waals surface area (Å²) in [5, 5.41) is 3.18. The zero-order chi connectivity index (χ0) is 21.9. The van der Waals surface area contributed by atoms with Crippen molar-refractivity contribution >= 4 is 22.9 Å². The summed E-state index contributed by atoms with van der Waals surface area (Å²) in [4.78, 5) is 26.4. The molecule has 0 unspecified atom stereocenters.